The lowest BCUT2D eigenvalue weighted by molar-refractivity contribution is -0.143. The minimum Gasteiger partial charge on any atom is -0.748 e. The molecule has 4 N–H and O–H groups in total. The number of hydrogen-bond donors (Lipinski definition) is 1. The summed E-state index contributed by atoms with van der Waals surface area (Å²) in [5.41, 5.74) is 7.43. The molecule has 0 saturated carbocycles. The molecule has 106 heavy (non-hydrogen) atoms. The van der Waals surface area contributed by atoms with Crippen LogP contribution in [0.5, 0.6) is 17.2 Å². The second-order valence-electron chi connectivity index (χ2n) is 25.9. The van der Waals surface area contributed by atoms with Gasteiger partial charge in [-0.05, 0) is 130 Å². The second-order valence-corrected chi connectivity index (χ2v) is 28.6. The van der Waals surface area contributed by atoms with E-state index in [1.807, 2.05) is 48.5 Å². The average Bonchev–Trinajstić information content (AvgIpc) is 0.932. The molecule has 6 aromatic rings. The van der Waals surface area contributed by atoms with E-state index in [9.17, 15) is 41.7 Å². The molecule has 25 nitrogen and oxygen atoms in total. The fourth-order valence-electron chi connectivity index (χ4n) is 13.5. The van der Waals surface area contributed by atoms with Crippen LogP contribution in [0.1, 0.15) is 136 Å². The highest BCUT2D eigenvalue weighted by Gasteiger charge is 2.42. The molecule has 6 aliphatic rings. The molecule has 3 fully saturated rings. The third kappa shape index (κ3) is 21.7. The molecule has 3 aromatic heterocycles. The van der Waals surface area contributed by atoms with Crippen LogP contribution in [0.3, 0.4) is 0 Å². The number of nitrogens with zero attached hydrogens (tertiary/aromatic N) is 6. The minimum absolute atomic E-state index is 0. The second kappa shape index (κ2) is 38.6. The van der Waals surface area contributed by atoms with E-state index in [2.05, 4.69) is 15.0 Å². The first kappa shape index (κ1) is 81.3. The zero-order chi connectivity index (χ0) is 74.7. The molecule has 0 bridgehead atoms. The Morgan fingerprint density at radius 3 is 1.17 bits per heavy atom. The molecule has 0 aliphatic carbocycles. The molecule has 12 rings (SSSR count). The number of amides is 3. The van der Waals surface area contributed by atoms with Gasteiger partial charge in [0.15, 0.2) is 0 Å². The Morgan fingerprint density at radius 2 is 0.858 bits per heavy atom. The van der Waals surface area contributed by atoms with Crippen LogP contribution in [0.2, 0.25) is 15.5 Å². The van der Waals surface area contributed by atoms with E-state index in [1.165, 1.54) is 0 Å². The summed E-state index contributed by atoms with van der Waals surface area (Å²) in [5.74, 6) is -1.82. The van der Waals surface area contributed by atoms with E-state index in [0.29, 0.717) is 117 Å². The van der Waals surface area contributed by atoms with E-state index in [1.54, 1.807) is 129 Å². The Kier molecular flexibility index (Phi) is 29.6. The number of pyridine rings is 3. The lowest BCUT2D eigenvalue weighted by atomic mass is 9.84. The number of para-hydroxylation sites is 2. The summed E-state index contributed by atoms with van der Waals surface area (Å²) in [6, 6.07) is 31.9. The van der Waals surface area contributed by atoms with Gasteiger partial charge in [0.05, 0.1) is 85.6 Å². The number of esters is 3. The maximum absolute atomic E-state index is 13.4. The van der Waals surface area contributed by atoms with Gasteiger partial charge < -0.3 is 68.0 Å². The van der Waals surface area contributed by atoms with Crippen LogP contribution in [0.15, 0.2) is 162 Å². The van der Waals surface area contributed by atoms with Crippen LogP contribution in [0.25, 0.3) is 0 Å². The summed E-state index contributed by atoms with van der Waals surface area (Å²) < 4.78 is 82.5. The van der Waals surface area contributed by atoms with Gasteiger partial charge in [0, 0.05) is 109 Å². The van der Waals surface area contributed by atoms with Crippen LogP contribution in [-0.2, 0) is 87.1 Å². The van der Waals surface area contributed by atoms with Crippen molar-refractivity contribution in [3.63, 3.8) is 0 Å². The highest BCUT2D eigenvalue weighted by molar-refractivity contribution is 7.85. The molecule has 0 spiro atoms. The Bertz CT molecular complexity index is 4090. The molecule has 29 heteroatoms. The van der Waals surface area contributed by atoms with Gasteiger partial charge in [-0.1, -0.05) is 102 Å². The molecule has 6 aliphatic heterocycles. The van der Waals surface area contributed by atoms with E-state index in [-0.39, 0.29) is 94.3 Å². The Balaban J connectivity index is 0.000000184. The zero-order valence-corrected chi connectivity index (χ0v) is 63.1. The van der Waals surface area contributed by atoms with Gasteiger partial charge in [0.25, 0.3) is 0 Å². The van der Waals surface area contributed by atoms with Gasteiger partial charge in [0.2, 0.25) is 17.7 Å². The van der Waals surface area contributed by atoms with Gasteiger partial charge in [0.1, 0.15) is 52.5 Å². The van der Waals surface area contributed by atoms with Gasteiger partial charge in [-0.15, -0.1) is 0 Å². The number of quaternary nitrogens is 1. The maximum atomic E-state index is 13.4. The third-order valence-corrected chi connectivity index (χ3v) is 20.5. The Labute approximate surface area is 631 Å². The molecule has 0 radical (unpaired) electrons. The lowest BCUT2D eigenvalue weighted by Gasteiger charge is -2.35. The van der Waals surface area contributed by atoms with Crippen LogP contribution in [-0.4, -0.2) is 163 Å². The predicted molar refractivity (Wildman–Crippen MR) is 392 cm³/mol. The van der Waals surface area contributed by atoms with Crippen molar-refractivity contribution in [3.05, 3.63) is 210 Å². The van der Waals surface area contributed by atoms with E-state index < -0.39 is 51.5 Å². The molecule has 566 valence electrons. The maximum Gasteiger partial charge on any atom is 0.336 e. The van der Waals surface area contributed by atoms with E-state index in [0.717, 1.165) is 60.8 Å². The summed E-state index contributed by atoms with van der Waals surface area (Å²) >= 11 is 17.9. The van der Waals surface area contributed by atoms with Crippen molar-refractivity contribution in [3.8, 4) is 17.2 Å². The Morgan fingerprint density at radius 1 is 0.509 bits per heavy atom. The summed E-state index contributed by atoms with van der Waals surface area (Å²) in [6.45, 7) is 8.85. The number of carbonyl (C=O) groups excluding carboxylic acids is 6. The number of aromatic nitrogens is 3. The summed E-state index contributed by atoms with van der Waals surface area (Å²) in [7, 11) is -1.12. The predicted octanol–water partition coefficient (Wildman–Crippen LogP) is 12.4. The topological polar surface area (TPSA) is 328 Å². The van der Waals surface area contributed by atoms with Gasteiger partial charge in [-0.3, -0.25) is 14.4 Å². The van der Waals surface area contributed by atoms with Crippen LogP contribution in [0.4, 0.5) is 0 Å². The molecular weight excluding hydrogens is 1450 g/mol. The van der Waals surface area contributed by atoms with Crippen LogP contribution < -0.4 is 20.4 Å². The van der Waals surface area contributed by atoms with Crippen LogP contribution >= 0.6 is 34.8 Å². The number of hydrogen-bond acceptors (Lipinski definition) is 21. The molecule has 0 unspecified atom stereocenters. The van der Waals surface area contributed by atoms with Crippen molar-refractivity contribution < 1.29 is 84.4 Å². The molecule has 6 atom stereocenters. The number of rotatable bonds is 25. The summed E-state index contributed by atoms with van der Waals surface area (Å²) in [6.07, 6.45) is 10.7. The minimum atomic E-state index is -4.27. The number of ether oxygens (including phenoxy) is 9. The van der Waals surface area contributed by atoms with E-state index in [4.69, 9.17) is 77.4 Å². The van der Waals surface area contributed by atoms with Gasteiger partial charge in [-0.25, -0.2) is 37.8 Å². The summed E-state index contributed by atoms with van der Waals surface area (Å²) in [5, 5.41) is 1.01. The molecular formula is C77H88Cl3N7O18S. The number of methoxy groups -OCH3 is 2. The number of allylic oxidation sites excluding steroid dienone is 3. The molecule has 9 heterocycles. The van der Waals surface area contributed by atoms with Gasteiger partial charge in [-0.2, -0.15) is 0 Å². The lowest BCUT2D eigenvalue weighted by Crippen LogP contribution is -2.42. The first-order valence-corrected chi connectivity index (χ1v) is 37.4. The smallest absolute Gasteiger partial charge is 0.336 e. The normalized spacial score (nSPS) is 20.3. The van der Waals surface area contributed by atoms with Crippen molar-refractivity contribution in [2.24, 2.45) is 0 Å². The molecule has 3 aromatic carbocycles. The first-order chi connectivity index (χ1) is 50.6. The monoisotopic (exact) mass is 1540 g/mol. The third-order valence-electron chi connectivity index (χ3n) is 19.0. The number of halogens is 3. The highest BCUT2D eigenvalue weighted by Crippen LogP contribution is 2.42. The van der Waals surface area contributed by atoms with E-state index >= 15 is 0 Å². The zero-order valence-electron chi connectivity index (χ0n) is 60.0. The largest absolute Gasteiger partial charge is 0.748 e. The van der Waals surface area contributed by atoms with Crippen molar-refractivity contribution in [2.45, 2.75) is 141 Å². The molecule has 3 saturated heterocycles. The first-order valence-electron chi connectivity index (χ1n) is 34.7. The van der Waals surface area contributed by atoms with Crippen LogP contribution in [0, 0.1) is 0 Å². The van der Waals surface area contributed by atoms with Crippen molar-refractivity contribution in [1.82, 2.24) is 35.8 Å². The summed E-state index contributed by atoms with van der Waals surface area (Å²) in [4.78, 5) is 96.9. The molecule has 3 amide bonds. The quantitative estimate of drug-likeness (QED) is 0.0183. The fourth-order valence-corrected chi connectivity index (χ4v) is 14.3. The fraction of sp³-hybridized carbons (Fsp3) is 0.416. The van der Waals surface area contributed by atoms with Crippen molar-refractivity contribution >= 4 is 80.6 Å². The number of benzene rings is 3. The van der Waals surface area contributed by atoms with Crippen molar-refractivity contribution in [1.29, 1.82) is 0 Å². The highest BCUT2D eigenvalue weighted by atomic mass is 35.5. The van der Waals surface area contributed by atoms with Crippen molar-refractivity contribution in [2.75, 3.05) is 66.0 Å². The average molecular weight is 1540 g/mol. The van der Waals surface area contributed by atoms with Gasteiger partial charge >= 0.3 is 17.9 Å². The standard InChI is InChI=1S/C27H31ClN2O8S.2C25H27ClN2O5.H3N/c1-18-26(27(32)38-17-19-5-8-21(9-6-19)36-12-3-13-39(33,34)35)23(20-7-10-24(28)29-15-20)14-25(31)30(18)16-22-4-2-11-37-22;2*1-16-24(25(30)33-15-18-6-3-4-8-21(18)31-2)20(17-9-10-22(26)27-13-17)12-23(29)28(16)14-19-7-5-11-32-19;/h5-10,15,22-23H,2-4,11-14,16-17H2,1H3,(H,33,34,35);2*3-4,6,8-10,13,19-20H,5,7,11-12,14-15H2,1-2H3;1H3/t22-,23+;19-,20+;19-,20-;/m111./s1. The SMILES string of the molecule is CC1=C(C(=O)OCc2ccc(OCCCS(=O)(=O)[O-])cc2)[C@H](c2ccc(Cl)nc2)CC(=O)N1C[C@H]1CCCO1.COc1ccccc1COC(=O)C1=C(C)N(C[C@H]2CCCO2)C(=O)C[C@@H]1c1ccc(Cl)nc1.COc1ccccc1COC(=O)C1=C(C)N(C[C@H]2CCCO2)C(=O)C[C@H]1c1ccc(Cl)nc1.[NH4+]. The Hall–Kier alpha value is -8.83. The number of carbonyl (C=O) groups is 6.